The Morgan fingerprint density at radius 1 is 0.290 bits per heavy atom. The summed E-state index contributed by atoms with van der Waals surface area (Å²) >= 11 is 10.3. The molecular formula is C63H69Br3N3+3. The molecule has 0 bridgehead atoms. The van der Waals surface area contributed by atoms with Gasteiger partial charge in [0.15, 0.2) is 37.2 Å². The number of unbranched alkanes of at least 4 members (excludes halogenated alkanes) is 6. The van der Waals surface area contributed by atoms with Gasteiger partial charge in [-0.2, -0.15) is 0 Å². The van der Waals surface area contributed by atoms with Crippen LogP contribution in [0.15, 0.2) is 91.8 Å². The van der Waals surface area contributed by atoms with E-state index in [0.29, 0.717) is 0 Å². The molecular weight excluding hydrogens is 1040 g/mol. The zero-order valence-corrected chi connectivity index (χ0v) is 46.6. The molecule has 0 atom stereocenters. The van der Waals surface area contributed by atoms with Crippen LogP contribution in [-0.4, -0.2) is 16.0 Å². The molecule has 0 saturated carbocycles. The number of hydrogen-bond donors (Lipinski definition) is 0. The highest BCUT2D eigenvalue weighted by Crippen LogP contribution is 2.12. The lowest BCUT2D eigenvalue weighted by Gasteiger charge is -1.99. The van der Waals surface area contributed by atoms with Crippen molar-refractivity contribution in [3.63, 3.8) is 0 Å². The molecule has 3 nitrogen and oxygen atoms in total. The molecule has 5 aromatic rings. The molecule has 69 heavy (non-hydrogen) atoms. The average Bonchev–Trinajstić information content (AvgIpc) is 3.30. The van der Waals surface area contributed by atoms with Crippen LogP contribution in [0.5, 0.6) is 0 Å². The summed E-state index contributed by atoms with van der Waals surface area (Å²) in [7, 11) is 0. The summed E-state index contributed by atoms with van der Waals surface area (Å²) in [5, 5.41) is 2.97. The van der Waals surface area contributed by atoms with Gasteiger partial charge in [-0.15, -0.1) is 0 Å². The lowest BCUT2D eigenvalue weighted by molar-refractivity contribution is -0.697. The molecule has 0 spiro atoms. The Kier molecular flexibility index (Phi) is 27.1. The van der Waals surface area contributed by atoms with Gasteiger partial charge in [-0.05, 0) is 115 Å². The van der Waals surface area contributed by atoms with Crippen LogP contribution in [-0.2, 0) is 19.6 Å². The van der Waals surface area contributed by atoms with Crippen LogP contribution in [0, 0.1) is 113 Å². The summed E-state index contributed by atoms with van der Waals surface area (Å²) in [6, 6.07) is 19.1. The fourth-order valence-electron chi connectivity index (χ4n) is 7.56. The lowest BCUT2D eigenvalue weighted by Crippen LogP contribution is -2.33. The van der Waals surface area contributed by atoms with Crippen LogP contribution in [0.2, 0.25) is 0 Å². The fourth-order valence-corrected chi connectivity index (χ4v) is 8.40. The zero-order chi connectivity index (χ0) is 49.5. The number of nitrogens with zero attached hydrogens (tertiary/aromatic N) is 3. The molecule has 3 aromatic heterocycles. The van der Waals surface area contributed by atoms with E-state index < -0.39 is 0 Å². The minimum absolute atomic E-state index is 0.850. The average molecular weight is 1110 g/mol. The van der Waals surface area contributed by atoms with Crippen molar-refractivity contribution in [1.29, 1.82) is 0 Å². The number of halogens is 3. The number of aromatic nitrogens is 3. The van der Waals surface area contributed by atoms with E-state index in [1.165, 1.54) is 33.4 Å². The Hall–Kier alpha value is -5.31. The Morgan fingerprint density at radius 3 is 0.667 bits per heavy atom. The van der Waals surface area contributed by atoms with Gasteiger partial charge in [0.2, 0.25) is 0 Å². The second-order valence-corrected chi connectivity index (χ2v) is 19.9. The Bertz CT molecular complexity index is 2450. The van der Waals surface area contributed by atoms with Gasteiger partial charge < -0.3 is 0 Å². The Morgan fingerprint density at radius 2 is 0.478 bits per heavy atom. The SMILES string of the molecule is BrCCCC#Cc1cc(C#CCCCBr)cc(C#CCCCBr)c1.Cc1cc(C)c[n+](CCCC#Cc2cc(C#CCCC[n+]3cc(C)cc(C)c3)cc(C#CCCC[n+]3cc(C)cc(C)c3)c2)c1. The van der Waals surface area contributed by atoms with Crippen molar-refractivity contribution < 1.29 is 13.7 Å². The minimum atomic E-state index is 0.850. The third kappa shape index (κ3) is 24.7. The van der Waals surface area contributed by atoms with Crippen molar-refractivity contribution in [2.75, 3.05) is 16.0 Å². The zero-order valence-electron chi connectivity index (χ0n) is 41.9. The molecule has 0 N–H and O–H groups in total. The molecule has 2 aromatic carbocycles. The van der Waals surface area contributed by atoms with E-state index in [9.17, 15) is 0 Å². The maximum Gasteiger partial charge on any atom is 0.171 e. The monoisotopic (exact) mass is 1100 g/mol. The predicted molar refractivity (Wildman–Crippen MR) is 299 cm³/mol. The van der Waals surface area contributed by atoms with E-state index in [1.807, 2.05) is 0 Å². The molecule has 0 saturated heterocycles. The summed E-state index contributed by atoms with van der Waals surface area (Å²) in [6.07, 6.45) is 24.7. The first-order chi connectivity index (χ1) is 33.5. The summed E-state index contributed by atoms with van der Waals surface area (Å²) in [5.74, 6) is 39.8. The second-order valence-electron chi connectivity index (χ2n) is 17.5. The number of rotatable bonds is 15. The molecule has 0 aliphatic heterocycles. The van der Waals surface area contributed by atoms with E-state index in [0.717, 1.165) is 146 Å². The van der Waals surface area contributed by atoms with E-state index in [1.54, 1.807) is 0 Å². The van der Waals surface area contributed by atoms with Crippen molar-refractivity contribution >= 4 is 47.8 Å². The smallest absolute Gasteiger partial charge is 0.171 e. The highest BCUT2D eigenvalue weighted by Gasteiger charge is 2.05. The molecule has 0 unspecified atom stereocenters. The van der Waals surface area contributed by atoms with Crippen molar-refractivity contribution in [3.05, 3.63) is 159 Å². The van der Waals surface area contributed by atoms with Crippen molar-refractivity contribution in [3.8, 4) is 71.0 Å². The van der Waals surface area contributed by atoms with E-state index in [2.05, 4.69) is 266 Å². The van der Waals surface area contributed by atoms with E-state index >= 15 is 0 Å². The van der Waals surface area contributed by atoms with Crippen LogP contribution >= 0.6 is 47.8 Å². The molecule has 354 valence electrons. The maximum absolute atomic E-state index is 3.43. The quantitative estimate of drug-likeness (QED) is 0.0429. The number of alkyl halides is 3. The summed E-state index contributed by atoms with van der Waals surface area (Å²) < 4.78 is 6.81. The van der Waals surface area contributed by atoms with Gasteiger partial charge in [0.25, 0.3) is 0 Å². The lowest BCUT2D eigenvalue weighted by atomic mass is 10.1. The summed E-state index contributed by atoms with van der Waals surface area (Å²) in [4.78, 5) is 0. The third-order valence-electron chi connectivity index (χ3n) is 10.3. The van der Waals surface area contributed by atoms with Crippen LogP contribution in [0.4, 0.5) is 0 Å². The van der Waals surface area contributed by atoms with Gasteiger partial charge in [-0.1, -0.05) is 119 Å². The van der Waals surface area contributed by atoms with Gasteiger partial charge in [-0.25, -0.2) is 13.7 Å². The molecule has 5 rings (SSSR count). The first-order valence-corrected chi connectivity index (χ1v) is 27.7. The topological polar surface area (TPSA) is 11.6 Å². The van der Waals surface area contributed by atoms with Crippen molar-refractivity contribution in [2.24, 2.45) is 0 Å². The Labute approximate surface area is 442 Å². The van der Waals surface area contributed by atoms with Gasteiger partial charge >= 0.3 is 0 Å². The largest absolute Gasteiger partial charge is 0.205 e. The number of pyridine rings is 3. The number of hydrogen-bond acceptors (Lipinski definition) is 0. The van der Waals surface area contributed by atoms with Crippen molar-refractivity contribution in [2.45, 2.75) is 138 Å². The highest BCUT2D eigenvalue weighted by atomic mass is 79.9. The molecule has 0 radical (unpaired) electrons. The first kappa shape index (κ1) is 56.3. The van der Waals surface area contributed by atoms with Crippen LogP contribution in [0.1, 0.15) is 144 Å². The van der Waals surface area contributed by atoms with Gasteiger partial charge in [0.05, 0.1) is 0 Å². The van der Waals surface area contributed by atoms with E-state index in [-0.39, 0.29) is 0 Å². The molecule has 0 aliphatic rings. The highest BCUT2D eigenvalue weighted by molar-refractivity contribution is 9.09. The van der Waals surface area contributed by atoms with Crippen molar-refractivity contribution in [1.82, 2.24) is 0 Å². The molecule has 0 aliphatic carbocycles. The van der Waals surface area contributed by atoms with E-state index in [4.69, 9.17) is 0 Å². The molecule has 0 fully saturated rings. The Balaban J connectivity index is 0.000000365. The standard InChI is InChI=1S/C42H48N3.C21H21Br3/c1-34-22-35(2)29-43(28-34)19-13-7-10-16-40-25-41(17-11-8-14-20-44-30-36(3)23-37(4)31-44)27-42(26-40)18-12-9-15-21-45-32-38(5)24-39(6)33-45;22-13-7-1-4-10-19-16-20(11-5-2-8-14-23)18-21(17-19)12-6-3-9-15-24/h22-33H,7-9,13-15,19-21H2,1-6H3;16-18H,1-3,7-9,13-15H2/q+3;. The van der Waals surface area contributed by atoms with Crippen LogP contribution < -0.4 is 13.7 Å². The second kappa shape index (κ2) is 33.3. The number of aryl methyl sites for hydroxylation is 9. The van der Waals surface area contributed by atoms with Crippen LogP contribution in [0.3, 0.4) is 0 Å². The summed E-state index contributed by atoms with van der Waals surface area (Å²) in [5.41, 5.74) is 13.7. The third-order valence-corrected chi connectivity index (χ3v) is 12.0. The minimum Gasteiger partial charge on any atom is -0.205 e. The predicted octanol–water partition coefficient (Wildman–Crippen LogP) is 13.2. The fraction of sp³-hybridized carbons (Fsp3) is 0.381. The number of benzene rings is 2. The normalized spacial score (nSPS) is 9.87. The first-order valence-electron chi connectivity index (χ1n) is 24.3. The van der Waals surface area contributed by atoms with Crippen LogP contribution in [0.25, 0.3) is 0 Å². The van der Waals surface area contributed by atoms with Gasteiger partial charge in [0, 0.05) is 141 Å². The maximum atomic E-state index is 3.43. The molecule has 6 heteroatoms. The molecule has 3 heterocycles. The molecule has 0 amide bonds. The van der Waals surface area contributed by atoms with Gasteiger partial charge in [-0.3, -0.25) is 0 Å². The summed E-state index contributed by atoms with van der Waals surface area (Å²) in [6.45, 7) is 15.8. The van der Waals surface area contributed by atoms with Gasteiger partial charge in [0.1, 0.15) is 19.6 Å².